The van der Waals surface area contributed by atoms with Gasteiger partial charge in [-0.2, -0.15) is 0 Å². The number of hydrogen-bond acceptors (Lipinski definition) is 3. The molecule has 1 saturated heterocycles. The fraction of sp³-hybridized carbons (Fsp3) is 0.467. The first-order valence-electron chi connectivity index (χ1n) is 6.84. The van der Waals surface area contributed by atoms with E-state index in [1.165, 1.54) is 4.90 Å². The van der Waals surface area contributed by atoms with E-state index in [-0.39, 0.29) is 17.9 Å². The summed E-state index contributed by atoms with van der Waals surface area (Å²) in [5.41, 5.74) is 0.993. The van der Waals surface area contributed by atoms with Crippen LogP contribution >= 0.6 is 11.8 Å². The molecule has 4 nitrogen and oxygen atoms in total. The molecule has 2 rings (SSSR count). The third kappa shape index (κ3) is 4.56. The second-order valence-electron chi connectivity index (χ2n) is 5.26. The fourth-order valence-corrected chi connectivity index (χ4v) is 2.97. The van der Waals surface area contributed by atoms with Gasteiger partial charge in [-0.1, -0.05) is 26.0 Å². The maximum Gasteiger partial charge on any atom is 0.224 e. The van der Waals surface area contributed by atoms with E-state index in [1.807, 2.05) is 24.3 Å². The Balaban J connectivity index is 1.83. The van der Waals surface area contributed by atoms with E-state index in [0.717, 1.165) is 5.56 Å². The van der Waals surface area contributed by atoms with Crippen molar-refractivity contribution in [2.45, 2.75) is 42.9 Å². The summed E-state index contributed by atoms with van der Waals surface area (Å²) < 4.78 is 0. The fourth-order valence-electron chi connectivity index (χ4n) is 2.13. The molecule has 2 N–H and O–H groups in total. The topological polar surface area (TPSA) is 58.2 Å². The summed E-state index contributed by atoms with van der Waals surface area (Å²) in [7, 11) is 0. The summed E-state index contributed by atoms with van der Waals surface area (Å²) in [5, 5.41) is 6.14. The minimum atomic E-state index is -0.0641. The second kappa shape index (κ2) is 6.79. The molecule has 1 aromatic carbocycles. The maximum atomic E-state index is 11.9. The number of nitrogens with one attached hydrogen (secondary N) is 2. The molecule has 0 radical (unpaired) electrons. The highest BCUT2D eigenvalue weighted by molar-refractivity contribution is 7.99. The molecule has 1 atom stereocenters. The van der Waals surface area contributed by atoms with Crippen LogP contribution in [0, 0.1) is 0 Å². The lowest BCUT2D eigenvalue weighted by Crippen LogP contribution is -2.37. The third-order valence-corrected chi connectivity index (χ3v) is 4.02. The molecule has 20 heavy (non-hydrogen) atoms. The van der Waals surface area contributed by atoms with Crippen LogP contribution in [0.15, 0.2) is 29.2 Å². The van der Waals surface area contributed by atoms with Crippen LogP contribution in [0.3, 0.4) is 0 Å². The van der Waals surface area contributed by atoms with Crippen molar-refractivity contribution >= 4 is 23.6 Å². The molecular weight excluding hydrogens is 272 g/mol. The van der Waals surface area contributed by atoms with Crippen molar-refractivity contribution in [2.75, 3.05) is 6.54 Å². The number of carbonyl (C=O) groups excluding carboxylic acids is 2. The van der Waals surface area contributed by atoms with Gasteiger partial charge in [0.2, 0.25) is 11.8 Å². The van der Waals surface area contributed by atoms with Gasteiger partial charge in [-0.3, -0.25) is 9.59 Å². The Kier molecular flexibility index (Phi) is 5.06. The first-order valence-corrected chi connectivity index (χ1v) is 7.72. The number of amides is 2. The minimum absolute atomic E-state index is 0.00497. The van der Waals surface area contributed by atoms with E-state index in [2.05, 4.69) is 24.5 Å². The minimum Gasteiger partial charge on any atom is -0.354 e. The summed E-state index contributed by atoms with van der Waals surface area (Å²) in [6, 6.07) is 8.01. The van der Waals surface area contributed by atoms with Crippen LogP contribution in [0.1, 0.15) is 25.8 Å². The van der Waals surface area contributed by atoms with Gasteiger partial charge >= 0.3 is 0 Å². The number of benzene rings is 1. The normalized spacial score (nSPS) is 18.1. The average Bonchev–Trinajstić information content (AvgIpc) is 2.76. The molecular formula is C15H20N2O2S. The zero-order valence-electron chi connectivity index (χ0n) is 11.8. The van der Waals surface area contributed by atoms with Crippen molar-refractivity contribution in [2.24, 2.45) is 0 Å². The van der Waals surface area contributed by atoms with Crippen molar-refractivity contribution in [1.29, 1.82) is 0 Å². The summed E-state index contributed by atoms with van der Waals surface area (Å²) in [6.07, 6.45) is 0.743. The van der Waals surface area contributed by atoms with Crippen molar-refractivity contribution in [3.05, 3.63) is 29.8 Å². The maximum absolute atomic E-state index is 11.9. The molecule has 0 unspecified atom stereocenters. The average molecular weight is 292 g/mol. The van der Waals surface area contributed by atoms with Gasteiger partial charge in [0.15, 0.2) is 0 Å². The van der Waals surface area contributed by atoms with Gasteiger partial charge in [-0.05, 0) is 17.7 Å². The molecule has 0 bridgehead atoms. The van der Waals surface area contributed by atoms with Crippen molar-refractivity contribution in [3.63, 3.8) is 0 Å². The number of thioether (sulfide) groups is 1. The Bertz CT molecular complexity index is 485. The standard InChI is InChI=1S/C15H20N2O2S/c1-10(2)20-13-5-3-11(4-6-13)7-15(19)17-12-8-14(18)16-9-12/h3-6,10,12H,7-9H2,1-2H3,(H,16,18)(H,17,19)/t12-/m0/s1. The molecule has 1 fully saturated rings. The molecule has 1 aliphatic rings. The van der Waals surface area contributed by atoms with Gasteiger partial charge in [0.1, 0.15) is 0 Å². The first kappa shape index (κ1) is 14.9. The summed E-state index contributed by atoms with van der Waals surface area (Å²) in [6.45, 7) is 4.85. The molecule has 0 spiro atoms. The van der Waals surface area contributed by atoms with Gasteiger partial charge in [-0.15, -0.1) is 11.8 Å². The van der Waals surface area contributed by atoms with Gasteiger partial charge < -0.3 is 10.6 Å². The summed E-state index contributed by atoms with van der Waals surface area (Å²) >= 11 is 1.81. The van der Waals surface area contributed by atoms with E-state index in [9.17, 15) is 9.59 Å². The lowest BCUT2D eigenvalue weighted by molar-refractivity contribution is -0.121. The summed E-state index contributed by atoms with van der Waals surface area (Å²) in [5.74, 6) is -0.0267. The highest BCUT2D eigenvalue weighted by atomic mass is 32.2. The van der Waals surface area contributed by atoms with Gasteiger partial charge in [0.05, 0.1) is 12.5 Å². The number of carbonyl (C=O) groups is 2. The Morgan fingerprint density at radius 1 is 1.40 bits per heavy atom. The Labute approximate surface area is 123 Å². The van der Waals surface area contributed by atoms with Crippen LogP contribution in [0.25, 0.3) is 0 Å². The molecule has 1 heterocycles. The van der Waals surface area contributed by atoms with Gasteiger partial charge in [0, 0.05) is 23.1 Å². The van der Waals surface area contributed by atoms with Gasteiger partial charge in [0.25, 0.3) is 0 Å². The summed E-state index contributed by atoms with van der Waals surface area (Å²) in [4.78, 5) is 24.2. The van der Waals surface area contributed by atoms with Crippen LogP contribution in [0.4, 0.5) is 0 Å². The zero-order chi connectivity index (χ0) is 14.5. The van der Waals surface area contributed by atoms with Crippen LogP contribution < -0.4 is 10.6 Å². The molecule has 1 aliphatic heterocycles. The molecule has 0 aliphatic carbocycles. The van der Waals surface area contributed by atoms with E-state index in [4.69, 9.17) is 0 Å². The SMILES string of the molecule is CC(C)Sc1ccc(CC(=O)N[C@@H]2CNC(=O)C2)cc1. The molecule has 0 aromatic heterocycles. The molecule has 1 aromatic rings. The lowest BCUT2D eigenvalue weighted by atomic mass is 10.1. The highest BCUT2D eigenvalue weighted by Gasteiger charge is 2.22. The van der Waals surface area contributed by atoms with E-state index >= 15 is 0 Å². The third-order valence-electron chi connectivity index (χ3n) is 3.00. The van der Waals surface area contributed by atoms with Crippen LogP contribution in [-0.4, -0.2) is 29.7 Å². The number of rotatable bonds is 5. The predicted octanol–water partition coefficient (Wildman–Crippen LogP) is 1.73. The number of hydrogen-bond donors (Lipinski definition) is 2. The molecule has 2 amide bonds. The Hall–Kier alpha value is -1.49. The van der Waals surface area contributed by atoms with Gasteiger partial charge in [-0.25, -0.2) is 0 Å². The van der Waals surface area contributed by atoms with E-state index in [1.54, 1.807) is 11.8 Å². The van der Waals surface area contributed by atoms with Crippen molar-refractivity contribution in [1.82, 2.24) is 10.6 Å². The monoisotopic (exact) mass is 292 g/mol. The van der Waals surface area contributed by atoms with E-state index in [0.29, 0.717) is 24.6 Å². The Morgan fingerprint density at radius 3 is 2.65 bits per heavy atom. The van der Waals surface area contributed by atoms with Crippen LogP contribution in [0.2, 0.25) is 0 Å². The quantitative estimate of drug-likeness (QED) is 0.813. The zero-order valence-corrected chi connectivity index (χ0v) is 12.6. The van der Waals surface area contributed by atoms with Crippen molar-refractivity contribution in [3.8, 4) is 0 Å². The van der Waals surface area contributed by atoms with Crippen LogP contribution in [0.5, 0.6) is 0 Å². The molecule has 0 saturated carbocycles. The smallest absolute Gasteiger partial charge is 0.224 e. The van der Waals surface area contributed by atoms with Crippen LogP contribution in [-0.2, 0) is 16.0 Å². The Morgan fingerprint density at radius 2 is 2.10 bits per heavy atom. The van der Waals surface area contributed by atoms with Crippen molar-refractivity contribution < 1.29 is 9.59 Å². The first-order chi connectivity index (χ1) is 9.52. The van der Waals surface area contributed by atoms with E-state index < -0.39 is 0 Å². The largest absolute Gasteiger partial charge is 0.354 e. The lowest BCUT2D eigenvalue weighted by Gasteiger charge is -2.11. The highest BCUT2D eigenvalue weighted by Crippen LogP contribution is 2.22. The predicted molar refractivity (Wildman–Crippen MR) is 80.7 cm³/mol. The second-order valence-corrected chi connectivity index (χ2v) is 6.91. The molecule has 5 heteroatoms. The molecule has 108 valence electrons.